The van der Waals surface area contributed by atoms with E-state index in [0.29, 0.717) is 6.42 Å². The Labute approximate surface area is 143 Å². The molecule has 6 nitrogen and oxygen atoms in total. The Morgan fingerprint density at radius 2 is 2.17 bits per heavy atom. The first-order chi connectivity index (χ1) is 11.4. The summed E-state index contributed by atoms with van der Waals surface area (Å²) in [6, 6.07) is 2.39. The first kappa shape index (κ1) is 16.7. The first-order valence-corrected chi connectivity index (χ1v) is 8.75. The molecular formula is C18H27N5O. The Balaban J connectivity index is 1.64. The van der Waals surface area contributed by atoms with E-state index in [1.54, 1.807) is 0 Å². The fourth-order valence-electron chi connectivity index (χ4n) is 3.69. The van der Waals surface area contributed by atoms with Crippen LogP contribution in [0.4, 0.5) is 0 Å². The minimum atomic E-state index is 0.0828. The summed E-state index contributed by atoms with van der Waals surface area (Å²) in [6.45, 7) is 9.78. The van der Waals surface area contributed by atoms with Crippen LogP contribution in [0.5, 0.6) is 0 Å². The molecule has 2 atom stereocenters. The van der Waals surface area contributed by atoms with Crippen LogP contribution in [-0.2, 0) is 11.3 Å². The molecule has 2 aromatic heterocycles. The number of rotatable bonds is 5. The van der Waals surface area contributed by atoms with Gasteiger partial charge < -0.3 is 4.90 Å². The van der Waals surface area contributed by atoms with Crippen molar-refractivity contribution in [2.75, 3.05) is 6.54 Å². The Hall–Kier alpha value is -2.11. The van der Waals surface area contributed by atoms with E-state index in [-0.39, 0.29) is 18.0 Å². The van der Waals surface area contributed by atoms with E-state index < -0.39 is 0 Å². The van der Waals surface area contributed by atoms with Gasteiger partial charge in [0.2, 0.25) is 5.91 Å². The number of amides is 1. The van der Waals surface area contributed by atoms with E-state index in [1.165, 1.54) is 0 Å². The lowest BCUT2D eigenvalue weighted by Gasteiger charge is -2.26. The molecule has 0 aromatic carbocycles. The van der Waals surface area contributed by atoms with Crippen LogP contribution in [0.15, 0.2) is 18.5 Å². The van der Waals surface area contributed by atoms with Crippen LogP contribution in [0.3, 0.4) is 0 Å². The predicted molar refractivity (Wildman–Crippen MR) is 92.7 cm³/mol. The summed E-state index contributed by atoms with van der Waals surface area (Å²) in [6.07, 6.45) is 6.53. The molecule has 0 saturated carbocycles. The zero-order valence-corrected chi connectivity index (χ0v) is 15.1. The Kier molecular flexibility index (Phi) is 4.73. The van der Waals surface area contributed by atoms with E-state index >= 15 is 0 Å². The molecule has 3 heterocycles. The van der Waals surface area contributed by atoms with Gasteiger partial charge in [0.15, 0.2) is 0 Å². The van der Waals surface area contributed by atoms with Crippen molar-refractivity contribution in [3.05, 3.63) is 35.4 Å². The van der Waals surface area contributed by atoms with E-state index in [1.807, 2.05) is 47.4 Å². The highest BCUT2D eigenvalue weighted by Crippen LogP contribution is 2.23. The summed E-state index contributed by atoms with van der Waals surface area (Å²) in [7, 11) is 0. The third-order valence-corrected chi connectivity index (χ3v) is 4.79. The smallest absolute Gasteiger partial charge is 0.225 e. The van der Waals surface area contributed by atoms with Gasteiger partial charge in [-0.3, -0.25) is 14.2 Å². The molecule has 1 aliphatic heterocycles. The van der Waals surface area contributed by atoms with Crippen molar-refractivity contribution in [2.45, 2.75) is 65.6 Å². The van der Waals surface area contributed by atoms with Crippen molar-refractivity contribution in [3.63, 3.8) is 0 Å². The van der Waals surface area contributed by atoms with Crippen LogP contribution in [0.2, 0.25) is 0 Å². The molecule has 0 bridgehead atoms. The Morgan fingerprint density at radius 3 is 2.79 bits per heavy atom. The molecule has 3 rings (SSSR count). The second kappa shape index (κ2) is 6.79. The molecule has 1 fully saturated rings. The summed E-state index contributed by atoms with van der Waals surface area (Å²) in [5.74, 6) is 0.224. The highest BCUT2D eigenvalue weighted by atomic mass is 16.2. The molecule has 2 aromatic rings. The zero-order valence-electron chi connectivity index (χ0n) is 15.1. The molecule has 0 unspecified atom stereocenters. The van der Waals surface area contributed by atoms with Crippen LogP contribution in [0.1, 0.15) is 49.2 Å². The van der Waals surface area contributed by atoms with Gasteiger partial charge in [-0.05, 0) is 52.2 Å². The second-order valence-electron chi connectivity index (χ2n) is 7.05. The molecule has 130 valence electrons. The number of carbonyl (C=O) groups is 1. The first-order valence-electron chi connectivity index (χ1n) is 8.75. The van der Waals surface area contributed by atoms with Gasteiger partial charge in [0.05, 0.1) is 30.5 Å². The number of carbonyl (C=O) groups excluding carboxylic acids is 1. The van der Waals surface area contributed by atoms with Crippen LogP contribution >= 0.6 is 0 Å². The summed E-state index contributed by atoms with van der Waals surface area (Å²) in [5.41, 5.74) is 3.27. The topological polar surface area (TPSA) is 56.0 Å². The molecular weight excluding hydrogens is 302 g/mol. The fourth-order valence-corrected chi connectivity index (χ4v) is 3.69. The molecule has 0 radical (unpaired) electrons. The highest BCUT2D eigenvalue weighted by molar-refractivity contribution is 5.77. The van der Waals surface area contributed by atoms with Gasteiger partial charge in [0.1, 0.15) is 0 Å². The molecule has 1 aliphatic rings. The zero-order chi connectivity index (χ0) is 17.3. The average molecular weight is 329 g/mol. The van der Waals surface area contributed by atoms with Crippen molar-refractivity contribution in [1.82, 2.24) is 24.5 Å². The molecule has 0 N–H and O–H groups in total. The Bertz CT molecular complexity index is 717. The molecule has 6 heteroatoms. The third-order valence-electron chi connectivity index (χ3n) is 4.79. The van der Waals surface area contributed by atoms with Gasteiger partial charge in [-0.2, -0.15) is 10.2 Å². The number of likely N-dealkylation sites (tertiary alicyclic amines) is 1. The number of hydrogen-bond donors (Lipinski definition) is 0. The lowest BCUT2D eigenvalue weighted by molar-refractivity contribution is -0.133. The van der Waals surface area contributed by atoms with E-state index in [4.69, 9.17) is 0 Å². The second-order valence-corrected chi connectivity index (χ2v) is 7.05. The monoisotopic (exact) mass is 329 g/mol. The maximum absolute atomic E-state index is 12.8. The Morgan fingerprint density at radius 1 is 1.38 bits per heavy atom. The minimum absolute atomic E-state index is 0.0828. The maximum Gasteiger partial charge on any atom is 0.225 e. The number of aromatic nitrogens is 4. The van der Waals surface area contributed by atoms with Gasteiger partial charge in [0.25, 0.3) is 0 Å². The summed E-state index contributed by atoms with van der Waals surface area (Å²) in [4.78, 5) is 14.8. The van der Waals surface area contributed by atoms with Gasteiger partial charge in [0, 0.05) is 24.9 Å². The molecule has 0 spiro atoms. The van der Waals surface area contributed by atoms with Crippen LogP contribution in [0, 0.1) is 20.8 Å². The standard InChI is InChI=1S/C18H27N5O/c1-13-10-19-21(11-13)12-17-6-5-7-22(17)18(24)9-16(4)23-15(3)8-14(2)20-23/h8,10-11,16-17H,5-7,9,12H2,1-4H3/t16-,17+/m0/s1. The largest absolute Gasteiger partial charge is 0.338 e. The number of nitrogens with zero attached hydrogens (tertiary/aromatic N) is 5. The summed E-state index contributed by atoms with van der Waals surface area (Å²) >= 11 is 0. The van der Waals surface area contributed by atoms with Crippen molar-refractivity contribution >= 4 is 5.91 Å². The minimum Gasteiger partial charge on any atom is -0.338 e. The highest BCUT2D eigenvalue weighted by Gasteiger charge is 2.30. The average Bonchev–Trinajstić information content (AvgIpc) is 3.20. The van der Waals surface area contributed by atoms with Crippen LogP contribution in [0.25, 0.3) is 0 Å². The van der Waals surface area contributed by atoms with Gasteiger partial charge in [-0.25, -0.2) is 0 Å². The normalized spacial score (nSPS) is 19.0. The lowest BCUT2D eigenvalue weighted by atomic mass is 10.2. The lowest BCUT2D eigenvalue weighted by Crippen LogP contribution is -2.39. The van der Waals surface area contributed by atoms with Crippen molar-refractivity contribution in [3.8, 4) is 0 Å². The SMILES string of the molecule is Cc1cnn(C[C@H]2CCCN2C(=O)C[C@H](C)n2nc(C)cc2C)c1. The van der Waals surface area contributed by atoms with Crippen LogP contribution < -0.4 is 0 Å². The fraction of sp³-hybridized carbons (Fsp3) is 0.611. The molecule has 24 heavy (non-hydrogen) atoms. The number of aryl methyl sites for hydroxylation is 3. The van der Waals surface area contributed by atoms with E-state index in [9.17, 15) is 4.79 Å². The molecule has 0 aliphatic carbocycles. The maximum atomic E-state index is 12.8. The third kappa shape index (κ3) is 3.52. The predicted octanol–water partition coefficient (Wildman–Crippen LogP) is 2.65. The van der Waals surface area contributed by atoms with E-state index in [0.717, 1.165) is 42.9 Å². The van der Waals surface area contributed by atoms with Crippen LogP contribution in [-0.4, -0.2) is 43.0 Å². The van der Waals surface area contributed by atoms with Gasteiger partial charge in [-0.1, -0.05) is 0 Å². The van der Waals surface area contributed by atoms with Crippen molar-refractivity contribution in [2.24, 2.45) is 0 Å². The van der Waals surface area contributed by atoms with Crippen molar-refractivity contribution < 1.29 is 4.79 Å². The van der Waals surface area contributed by atoms with Crippen molar-refractivity contribution in [1.29, 1.82) is 0 Å². The summed E-state index contributed by atoms with van der Waals surface area (Å²) in [5, 5.41) is 8.87. The summed E-state index contributed by atoms with van der Waals surface area (Å²) < 4.78 is 3.92. The molecule has 1 amide bonds. The van der Waals surface area contributed by atoms with E-state index in [2.05, 4.69) is 23.2 Å². The van der Waals surface area contributed by atoms with Gasteiger partial charge >= 0.3 is 0 Å². The molecule has 1 saturated heterocycles. The quantitative estimate of drug-likeness (QED) is 0.847. The van der Waals surface area contributed by atoms with Gasteiger partial charge in [-0.15, -0.1) is 0 Å². The number of hydrogen-bond acceptors (Lipinski definition) is 3.